The third kappa shape index (κ3) is 4.78. The zero-order valence-corrected chi connectivity index (χ0v) is 9.87. The molecular weight excluding hydrogens is 182 g/mol. The van der Waals surface area contributed by atoms with E-state index in [-0.39, 0.29) is 0 Å². The van der Waals surface area contributed by atoms with Gasteiger partial charge in [-0.1, -0.05) is 44.9 Å². The van der Waals surface area contributed by atoms with Crippen LogP contribution in [0.4, 0.5) is 5.69 Å². The first-order valence-electron chi connectivity index (χ1n) is 5.98. The van der Waals surface area contributed by atoms with Gasteiger partial charge in [0.15, 0.2) is 0 Å². The van der Waals surface area contributed by atoms with Gasteiger partial charge in [0, 0.05) is 5.71 Å². The molecule has 0 bridgehead atoms. The Morgan fingerprint density at radius 1 is 1.00 bits per heavy atom. The van der Waals surface area contributed by atoms with Crippen molar-refractivity contribution >= 4 is 11.4 Å². The lowest BCUT2D eigenvalue weighted by Crippen LogP contribution is -1.96. The normalized spacial score (nSPS) is 11.7. The molecule has 0 saturated heterocycles. The van der Waals surface area contributed by atoms with Crippen molar-refractivity contribution in [3.63, 3.8) is 0 Å². The van der Waals surface area contributed by atoms with E-state index < -0.39 is 0 Å². The largest absolute Gasteiger partial charge is 0.258 e. The van der Waals surface area contributed by atoms with Gasteiger partial charge in [-0.2, -0.15) is 0 Å². The van der Waals surface area contributed by atoms with Gasteiger partial charge in [-0.05, 0) is 31.4 Å². The standard InChI is InChI=1S/C14H21N/c1-3-5-10-13(9-4-2)15-14-11-7-6-8-12-14/h6-8,11-12H,3-5,9-10H2,1-2H3. The van der Waals surface area contributed by atoms with Crippen molar-refractivity contribution in [3.05, 3.63) is 30.3 Å². The average Bonchev–Trinajstić information content (AvgIpc) is 2.28. The van der Waals surface area contributed by atoms with E-state index in [1.165, 1.54) is 25.0 Å². The van der Waals surface area contributed by atoms with Crippen LogP contribution in [0.3, 0.4) is 0 Å². The molecular formula is C14H21N. The monoisotopic (exact) mass is 203 g/mol. The molecule has 1 aromatic carbocycles. The molecule has 0 aliphatic rings. The molecule has 1 heteroatoms. The van der Waals surface area contributed by atoms with Gasteiger partial charge >= 0.3 is 0 Å². The molecule has 0 amide bonds. The number of nitrogens with zero attached hydrogens (tertiary/aromatic N) is 1. The highest BCUT2D eigenvalue weighted by molar-refractivity contribution is 5.86. The molecule has 0 aromatic heterocycles. The Morgan fingerprint density at radius 2 is 1.73 bits per heavy atom. The first-order chi connectivity index (χ1) is 7.36. The van der Waals surface area contributed by atoms with Crippen LogP contribution in [0.2, 0.25) is 0 Å². The molecule has 0 aliphatic heterocycles. The Hall–Kier alpha value is -1.11. The molecule has 82 valence electrons. The van der Waals surface area contributed by atoms with Crippen LogP contribution in [-0.2, 0) is 0 Å². The summed E-state index contributed by atoms with van der Waals surface area (Å²) in [5.74, 6) is 0. The Kier molecular flexibility index (Phi) is 5.76. The van der Waals surface area contributed by atoms with Crippen molar-refractivity contribution in [2.75, 3.05) is 0 Å². The second kappa shape index (κ2) is 7.22. The van der Waals surface area contributed by atoms with E-state index in [9.17, 15) is 0 Å². The maximum Gasteiger partial charge on any atom is 0.0629 e. The molecule has 15 heavy (non-hydrogen) atoms. The summed E-state index contributed by atoms with van der Waals surface area (Å²) in [4.78, 5) is 4.70. The molecule has 0 radical (unpaired) electrons. The summed E-state index contributed by atoms with van der Waals surface area (Å²) >= 11 is 0. The van der Waals surface area contributed by atoms with Gasteiger partial charge in [-0.15, -0.1) is 0 Å². The number of para-hydroxylation sites is 1. The molecule has 0 spiro atoms. The molecule has 1 rings (SSSR count). The van der Waals surface area contributed by atoms with Gasteiger partial charge in [0.1, 0.15) is 0 Å². The summed E-state index contributed by atoms with van der Waals surface area (Å²) in [6, 6.07) is 10.3. The van der Waals surface area contributed by atoms with Gasteiger partial charge in [-0.3, -0.25) is 4.99 Å². The highest BCUT2D eigenvalue weighted by Crippen LogP contribution is 2.14. The number of hydrogen-bond donors (Lipinski definition) is 0. The minimum atomic E-state index is 1.09. The molecule has 0 aliphatic carbocycles. The first-order valence-corrected chi connectivity index (χ1v) is 5.98. The molecule has 0 fully saturated rings. The van der Waals surface area contributed by atoms with Crippen molar-refractivity contribution in [1.82, 2.24) is 0 Å². The number of aliphatic imine (C=N–C) groups is 1. The molecule has 1 aromatic rings. The van der Waals surface area contributed by atoms with Crippen LogP contribution in [0.1, 0.15) is 46.0 Å². The Balaban J connectivity index is 2.65. The predicted molar refractivity (Wildman–Crippen MR) is 68.0 cm³/mol. The highest BCUT2D eigenvalue weighted by Gasteiger charge is 1.98. The lowest BCUT2D eigenvalue weighted by molar-refractivity contribution is 0.815. The zero-order chi connectivity index (χ0) is 10.9. The van der Waals surface area contributed by atoms with Crippen LogP contribution in [0.15, 0.2) is 35.3 Å². The average molecular weight is 203 g/mol. The summed E-state index contributed by atoms with van der Waals surface area (Å²) in [5, 5.41) is 0. The van der Waals surface area contributed by atoms with Crippen LogP contribution in [-0.4, -0.2) is 5.71 Å². The van der Waals surface area contributed by atoms with Crippen LogP contribution in [0.5, 0.6) is 0 Å². The topological polar surface area (TPSA) is 12.4 Å². The lowest BCUT2D eigenvalue weighted by Gasteiger charge is -2.04. The fourth-order valence-electron chi connectivity index (χ4n) is 1.59. The number of hydrogen-bond acceptors (Lipinski definition) is 1. The molecule has 1 nitrogen and oxygen atoms in total. The maximum absolute atomic E-state index is 4.70. The fourth-order valence-corrected chi connectivity index (χ4v) is 1.59. The van der Waals surface area contributed by atoms with E-state index in [1.54, 1.807) is 0 Å². The summed E-state index contributed by atoms with van der Waals surface area (Å²) in [7, 11) is 0. The van der Waals surface area contributed by atoms with Gasteiger partial charge in [0.05, 0.1) is 5.69 Å². The zero-order valence-electron chi connectivity index (χ0n) is 9.87. The third-order valence-corrected chi connectivity index (χ3v) is 2.40. The number of benzene rings is 1. The second-order valence-electron chi connectivity index (χ2n) is 3.87. The Bertz CT molecular complexity index is 287. The molecule has 0 unspecified atom stereocenters. The van der Waals surface area contributed by atoms with Crippen LogP contribution >= 0.6 is 0 Å². The van der Waals surface area contributed by atoms with Crippen molar-refractivity contribution in [2.24, 2.45) is 4.99 Å². The summed E-state index contributed by atoms with van der Waals surface area (Å²) in [6.07, 6.45) is 5.98. The number of rotatable bonds is 6. The quantitative estimate of drug-likeness (QED) is 0.592. The van der Waals surface area contributed by atoms with Gasteiger partial charge in [0.25, 0.3) is 0 Å². The van der Waals surface area contributed by atoms with Gasteiger partial charge in [0.2, 0.25) is 0 Å². The van der Waals surface area contributed by atoms with Crippen LogP contribution in [0, 0.1) is 0 Å². The molecule has 0 N–H and O–H groups in total. The van der Waals surface area contributed by atoms with E-state index in [2.05, 4.69) is 26.0 Å². The first kappa shape index (κ1) is 12.0. The Morgan fingerprint density at radius 3 is 2.33 bits per heavy atom. The minimum Gasteiger partial charge on any atom is -0.258 e. The second-order valence-corrected chi connectivity index (χ2v) is 3.87. The van der Waals surface area contributed by atoms with Crippen molar-refractivity contribution in [1.29, 1.82) is 0 Å². The van der Waals surface area contributed by atoms with Crippen LogP contribution < -0.4 is 0 Å². The highest BCUT2D eigenvalue weighted by atomic mass is 14.7. The summed E-state index contributed by atoms with van der Waals surface area (Å²) < 4.78 is 0. The van der Waals surface area contributed by atoms with Crippen molar-refractivity contribution in [2.45, 2.75) is 46.0 Å². The van der Waals surface area contributed by atoms with E-state index in [4.69, 9.17) is 4.99 Å². The molecule has 0 atom stereocenters. The summed E-state index contributed by atoms with van der Waals surface area (Å²) in [6.45, 7) is 4.44. The Labute approximate surface area is 93.2 Å². The fraction of sp³-hybridized carbons (Fsp3) is 0.500. The number of unbranched alkanes of at least 4 members (excludes halogenated alkanes) is 1. The predicted octanol–water partition coefficient (Wildman–Crippen LogP) is 4.75. The van der Waals surface area contributed by atoms with Crippen molar-refractivity contribution < 1.29 is 0 Å². The van der Waals surface area contributed by atoms with Gasteiger partial charge < -0.3 is 0 Å². The molecule has 0 heterocycles. The SMILES string of the molecule is CCCCC(CCC)=Nc1ccccc1. The van der Waals surface area contributed by atoms with E-state index in [0.717, 1.165) is 18.5 Å². The maximum atomic E-state index is 4.70. The smallest absolute Gasteiger partial charge is 0.0629 e. The lowest BCUT2D eigenvalue weighted by atomic mass is 10.1. The van der Waals surface area contributed by atoms with Crippen LogP contribution in [0.25, 0.3) is 0 Å². The third-order valence-electron chi connectivity index (χ3n) is 2.40. The minimum absolute atomic E-state index is 1.09. The van der Waals surface area contributed by atoms with E-state index in [0.29, 0.717) is 0 Å². The van der Waals surface area contributed by atoms with Gasteiger partial charge in [-0.25, -0.2) is 0 Å². The molecule has 0 saturated carbocycles. The van der Waals surface area contributed by atoms with E-state index in [1.807, 2.05) is 18.2 Å². The van der Waals surface area contributed by atoms with Crippen molar-refractivity contribution in [3.8, 4) is 0 Å². The van der Waals surface area contributed by atoms with E-state index >= 15 is 0 Å². The summed E-state index contributed by atoms with van der Waals surface area (Å²) in [5.41, 5.74) is 2.45.